The van der Waals surface area contributed by atoms with Crippen molar-refractivity contribution >= 4 is 17.5 Å². The molecule has 27 heavy (non-hydrogen) atoms. The molecule has 0 spiro atoms. The molecule has 6 nitrogen and oxygen atoms in total. The number of likely N-dealkylation sites (N-methyl/N-ethyl adjacent to an activating group) is 1. The number of nitrogens with one attached hydrogen (secondary N) is 2. The third-order valence-corrected chi connectivity index (χ3v) is 4.51. The zero-order chi connectivity index (χ0) is 19.4. The molecule has 0 saturated carbocycles. The van der Waals surface area contributed by atoms with Gasteiger partial charge in [-0.1, -0.05) is 24.3 Å². The summed E-state index contributed by atoms with van der Waals surface area (Å²) in [5.41, 5.74) is 2.14. The molecule has 0 aliphatic carbocycles. The second-order valence-electron chi connectivity index (χ2n) is 6.59. The third-order valence-electron chi connectivity index (χ3n) is 4.51. The number of carbonyl (C=O) groups excluding carboxylic acids is 2. The molecule has 3 rings (SSSR count). The fourth-order valence-corrected chi connectivity index (χ4v) is 3.02. The molecule has 142 valence electrons. The summed E-state index contributed by atoms with van der Waals surface area (Å²) in [4.78, 5) is 26.1. The van der Waals surface area contributed by atoms with Crippen molar-refractivity contribution in [3.05, 3.63) is 59.4 Å². The predicted molar refractivity (Wildman–Crippen MR) is 100 cm³/mol. The number of amides is 2. The highest BCUT2D eigenvalue weighted by Crippen LogP contribution is 2.29. The van der Waals surface area contributed by atoms with Crippen LogP contribution >= 0.6 is 0 Å². The van der Waals surface area contributed by atoms with Gasteiger partial charge in [-0.2, -0.15) is 0 Å². The first-order valence-corrected chi connectivity index (χ1v) is 8.71. The average Bonchev–Trinajstić information content (AvgIpc) is 3.11. The van der Waals surface area contributed by atoms with Crippen LogP contribution in [0.5, 0.6) is 5.75 Å². The summed E-state index contributed by atoms with van der Waals surface area (Å²) in [5, 5.41) is 4.90. The number of rotatable bonds is 5. The molecule has 0 saturated heterocycles. The number of carbonyl (C=O) groups is 2. The van der Waals surface area contributed by atoms with E-state index in [0.29, 0.717) is 6.61 Å². The molecule has 0 aromatic heterocycles. The normalized spacial score (nSPS) is 13.6. The lowest BCUT2D eigenvalue weighted by Gasteiger charge is -2.25. The number of hydrogen-bond acceptors (Lipinski definition) is 4. The van der Waals surface area contributed by atoms with Gasteiger partial charge in [0, 0.05) is 13.0 Å². The molecule has 1 aliphatic rings. The number of benzene rings is 2. The Hall–Kier alpha value is -2.93. The topological polar surface area (TPSA) is 70.7 Å². The third kappa shape index (κ3) is 4.43. The lowest BCUT2D eigenvalue weighted by atomic mass is 10.0. The number of nitrogens with zero attached hydrogens (tertiary/aromatic N) is 1. The molecule has 2 amide bonds. The maximum atomic E-state index is 13.6. The molecule has 1 atom stereocenters. The Balaban J connectivity index is 1.63. The van der Waals surface area contributed by atoms with E-state index in [1.807, 2.05) is 31.1 Å². The highest BCUT2D eigenvalue weighted by molar-refractivity contribution is 6.39. The first-order chi connectivity index (χ1) is 13.0. The first kappa shape index (κ1) is 18.8. The van der Waals surface area contributed by atoms with E-state index in [9.17, 15) is 14.0 Å². The average molecular weight is 371 g/mol. The van der Waals surface area contributed by atoms with Crippen molar-refractivity contribution in [2.75, 3.05) is 32.6 Å². The summed E-state index contributed by atoms with van der Waals surface area (Å²) < 4.78 is 19.1. The van der Waals surface area contributed by atoms with Crippen LogP contribution < -0.4 is 15.4 Å². The molecule has 0 fully saturated rings. The van der Waals surface area contributed by atoms with Crippen molar-refractivity contribution in [3.63, 3.8) is 0 Å². The van der Waals surface area contributed by atoms with Gasteiger partial charge in [-0.25, -0.2) is 4.39 Å². The Morgan fingerprint density at radius 1 is 1.19 bits per heavy atom. The summed E-state index contributed by atoms with van der Waals surface area (Å²) in [7, 11) is 3.81. The number of anilines is 1. The number of fused-ring (bicyclic) bond motifs is 1. The fraction of sp³-hybridized carbons (Fsp3) is 0.300. The molecule has 2 aromatic carbocycles. The number of ether oxygens (including phenoxy) is 1. The van der Waals surface area contributed by atoms with Crippen LogP contribution in [0.3, 0.4) is 0 Å². The monoisotopic (exact) mass is 371 g/mol. The van der Waals surface area contributed by atoms with Crippen LogP contribution in [0.15, 0.2) is 42.5 Å². The van der Waals surface area contributed by atoms with E-state index in [2.05, 4.69) is 16.7 Å². The lowest BCUT2D eigenvalue weighted by Crippen LogP contribution is -2.40. The van der Waals surface area contributed by atoms with Crippen molar-refractivity contribution in [2.24, 2.45) is 0 Å². The van der Waals surface area contributed by atoms with Crippen molar-refractivity contribution in [3.8, 4) is 5.75 Å². The van der Waals surface area contributed by atoms with Gasteiger partial charge in [0.2, 0.25) is 0 Å². The van der Waals surface area contributed by atoms with Crippen LogP contribution in [0.1, 0.15) is 17.2 Å². The zero-order valence-electron chi connectivity index (χ0n) is 15.3. The fourth-order valence-electron chi connectivity index (χ4n) is 3.02. The van der Waals surface area contributed by atoms with Crippen LogP contribution in [0.25, 0.3) is 0 Å². The van der Waals surface area contributed by atoms with E-state index in [1.54, 1.807) is 6.07 Å². The van der Waals surface area contributed by atoms with Crippen LogP contribution in [0, 0.1) is 5.82 Å². The maximum Gasteiger partial charge on any atom is 0.313 e. The van der Waals surface area contributed by atoms with Crippen LogP contribution in [-0.2, 0) is 16.0 Å². The van der Waals surface area contributed by atoms with Gasteiger partial charge in [0.15, 0.2) is 0 Å². The van der Waals surface area contributed by atoms with Gasteiger partial charge in [-0.15, -0.1) is 0 Å². The van der Waals surface area contributed by atoms with Crippen molar-refractivity contribution < 1.29 is 18.7 Å². The standard InChI is InChI=1S/C20H22FN3O3/c1-24(2)17(13-7-8-18-14(11-13)9-10-27-18)12-22-19(25)20(26)23-16-6-4-3-5-15(16)21/h3-8,11,17H,9-10,12H2,1-2H3,(H,22,25)(H,23,26). The van der Waals surface area contributed by atoms with Crippen LogP contribution in [0.2, 0.25) is 0 Å². The van der Waals surface area contributed by atoms with Crippen LogP contribution in [-0.4, -0.2) is 44.0 Å². The number of halogens is 1. The largest absolute Gasteiger partial charge is 0.493 e. The second kappa shape index (κ2) is 8.18. The summed E-state index contributed by atoms with van der Waals surface area (Å²) >= 11 is 0. The number of hydrogen-bond donors (Lipinski definition) is 2. The maximum absolute atomic E-state index is 13.6. The molecule has 0 bridgehead atoms. The van der Waals surface area contributed by atoms with Gasteiger partial charge in [0.05, 0.1) is 18.3 Å². The van der Waals surface area contributed by atoms with Crippen molar-refractivity contribution in [2.45, 2.75) is 12.5 Å². The Morgan fingerprint density at radius 3 is 2.70 bits per heavy atom. The van der Waals surface area contributed by atoms with Gasteiger partial charge in [-0.3, -0.25) is 9.59 Å². The Labute approximate surface area is 157 Å². The summed E-state index contributed by atoms with van der Waals surface area (Å²) in [5.74, 6) is -1.41. The molecule has 2 aromatic rings. The van der Waals surface area contributed by atoms with E-state index in [4.69, 9.17) is 4.74 Å². The van der Waals surface area contributed by atoms with Gasteiger partial charge < -0.3 is 20.3 Å². The van der Waals surface area contributed by atoms with E-state index >= 15 is 0 Å². The summed E-state index contributed by atoms with van der Waals surface area (Å²) in [6, 6.07) is 11.6. The van der Waals surface area contributed by atoms with Gasteiger partial charge >= 0.3 is 11.8 Å². The highest BCUT2D eigenvalue weighted by atomic mass is 19.1. The summed E-state index contributed by atoms with van der Waals surface area (Å²) in [6.45, 7) is 0.925. The molecule has 2 N–H and O–H groups in total. The Kier molecular flexibility index (Phi) is 5.71. The second-order valence-corrected chi connectivity index (χ2v) is 6.59. The van der Waals surface area contributed by atoms with Gasteiger partial charge in [0.1, 0.15) is 11.6 Å². The first-order valence-electron chi connectivity index (χ1n) is 8.71. The van der Waals surface area contributed by atoms with Gasteiger partial charge in [0.25, 0.3) is 0 Å². The number of para-hydroxylation sites is 1. The Morgan fingerprint density at radius 2 is 1.96 bits per heavy atom. The van der Waals surface area contributed by atoms with E-state index < -0.39 is 17.6 Å². The molecule has 0 radical (unpaired) electrons. The molecular weight excluding hydrogens is 349 g/mol. The smallest absolute Gasteiger partial charge is 0.313 e. The quantitative estimate of drug-likeness (QED) is 0.790. The minimum Gasteiger partial charge on any atom is -0.493 e. The minimum absolute atomic E-state index is 0.0274. The van der Waals surface area contributed by atoms with E-state index in [1.165, 1.54) is 18.2 Å². The molecular formula is C20H22FN3O3. The summed E-state index contributed by atoms with van der Waals surface area (Å²) in [6.07, 6.45) is 0.862. The minimum atomic E-state index is -0.903. The zero-order valence-corrected chi connectivity index (χ0v) is 15.3. The lowest BCUT2D eigenvalue weighted by molar-refractivity contribution is -0.136. The molecule has 1 heterocycles. The molecule has 1 unspecified atom stereocenters. The Bertz CT molecular complexity index is 854. The highest BCUT2D eigenvalue weighted by Gasteiger charge is 2.21. The van der Waals surface area contributed by atoms with Crippen molar-refractivity contribution in [1.29, 1.82) is 0 Å². The SMILES string of the molecule is CN(C)C(CNC(=O)C(=O)Nc1ccccc1F)c1ccc2c(c1)CCO2. The predicted octanol–water partition coefficient (Wildman–Crippen LogP) is 2.12. The molecule has 7 heteroatoms. The van der Waals surface area contributed by atoms with Crippen LogP contribution in [0.4, 0.5) is 10.1 Å². The van der Waals surface area contributed by atoms with Crippen molar-refractivity contribution in [1.82, 2.24) is 10.2 Å². The molecule has 1 aliphatic heterocycles. The van der Waals surface area contributed by atoms with E-state index in [0.717, 1.165) is 23.3 Å². The van der Waals surface area contributed by atoms with E-state index in [-0.39, 0.29) is 18.3 Å². The van der Waals surface area contributed by atoms with Gasteiger partial charge in [-0.05, 0) is 43.4 Å².